The highest BCUT2D eigenvalue weighted by Gasteiger charge is 2.33. The second kappa shape index (κ2) is 4.71. The van der Waals surface area contributed by atoms with Crippen LogP contribution >= 0.6 is 15.9 Å². The monoisotopic (exact) mass is 300 g/mol. The van der Waals surface area contributed by atoms with Gasteiger partial charge in [0, 0.05) is 32.7 Å². The van der Waals surface area contributed by atoms with Crippen LogP contribution < -0.4 is 5.73 Å². The minimum Gasteiger partial charge on any atom is -0.327 e. The Hall–Kier alpha value is -0.390. The number of aryl methyl sites for hydroxylation is 1. The summed E-state index contributed by atoms with van der Waals surface area (Å²) in [6.07, 6.45) is 2.93. The molecule has 1 aromatic heterocycles. The van der Waals surface area contributed by atoms with Crippen LogP contribution in [0.4, 0.5) is 0 Å². The van der Waals surface area contributed by atoms with Gasteiger partial charge in [0.15, 0.2) is 0 Å². The predicted octanol–water partition coefficient (Wildman–Crippen LogP) is 1.74. The molecular weight excluding hydrogens is 280 g/mol. The highest BCUT2D eigenvalue weighted by molar-refractivity contribution is 9.10. The molecule has 2 N–H and O–H groups in total. The average Bonchev–Trinajstić information content (AvgIpc) is 2.55. The first-order valence-electron chi connectivity index (χ1n) is 6.04. The number of piperidine rings is 1. The Balaban J connectivity index is 2.06. The van der Waals surface area contributed by atoms with Crippen molar-refractivity contribution in [3.05, 3.63) is 16.4 Å². The highest BCUT2D eigenvalue weighted by atomic mass is 79.9. The Morgan fingerprint density at radius 2 is 2.29 bits per heavy atom. The van der Waals surface area contributed by atoms with Crippen molar-refractivity contribution in [2.24, 2.45) is 18.2 Å². The summed E-state index contributed by atoms with van der Waals surface area (Å²) in [6.45, 7) is 7.56. The lowest BCUT2D eigenvalue weighted by atomic mass is 9.80. The molecule has 2 heterocycles. The van der Waals surface area contributed by atoms with Crippen molar-refractivity contribution >= 4 is 15.9 Å². The predicted molar refractivity (Wildman–Crippen MR) is 72.6 cm³/mol. The van der Waals surface area contributed by atoms with Gasteiger partial charge in [-0.3, -0.25) is 9.58 Å². The molecule has 0 spiro atoms. The second-order valence-electron chi connectivity index (χ2n) is 5.66. The third-order valence-electron chi connectivity index (χ3n) is 3.78. The zero-order valence-electron chi connectivity index (χ0n) is 10.8. The number of aromatic nitrogens is 2. The summed E-state index contributed by atoms with van der Waals surface area (Å²) < 4.78 is 3.03. The summed E-state index contributed by atoms with van der Waals surface area (Å²) in [5.74, 6) is 0. The minimum atomic E-state index is 0.198. The first-order chi connectivity index (χ1) is 7.90. The van der Waals surface area contributed by atoms with Crippen LogP contribution in [-0.2, 0) is 13.6 Å². The molecule has 0 radical (unpaired) electrons. The number of likely N-dealkylation sites (tertiary alicyclic amines) is 1. The molecule has 1 atom stereocenters. The number of nitrogens with zero attached hydrogens (tertiary/aromatic N) is 3. The number of nitrogens with two attached hydrogens (primary N) is 1. The minimum absolute atomic E-state index is 0.198. The van der Waals surface area contributed by atoms with Crippen molar-refractivity contribution in [1.29, 1.82) is 0 Å². The lowest BCUT2D eigenvalue weighted by molar-refractivity contribution is 0.0878. The van der Waals surface area contributed by atoms with Crippen LogP contribution in [0, 0.1) is 5.41 Å². The van der Waals surface area contributed by atoms with E-state index in [1.54, 1.807) is 0 Å². The van der Waals surface area contributed by atoms with Gasteiger partial charge in [-0.05, 0) is 27.8 Å². The molecule has 2 rings (SSSR count). The maximum atomic E-state index is 6.15. The van der Waals surface area contributed by atoms with Crippen molar-refractivity contribution in [2.75, 3.05) is 13.1 Å². The van der Waals surface area contributed by atoms with E-state index in [2.05, 4.69) is 39.8 Å². The zero-order valence-corrected chi connectivity index (χ0v) is 12.4. The molecule has 1 aliphatic heterocycles. The van der Waals surface area contributed by atoms with Gasteiger partial charge in [-0.2, -0.15) is 5.10 Å². The average molecular weight is 301 g/mol. The molecule has 4 nitrogen and oxygen atoms in total. The van der Waals surface area contributed by atoms with Gasteiger partial charge in [0.1, 0.15) is 0 Å². The molecule has 1 fully saturated rings. The molecule has 1 aromatic rings. The largest absolute Gasteiger partial charge is 0.327 e. The third-order valence-corrected chi connectivity index (χ3v) is 4.44. The van der Waals surface area contributed by atoms with E-state index in [0.717, 1.165) is 30.5 Å². The van der Waals surface area contributed by atoms with Crippen LogP contribution in [-0.4, -0.2) is 33.8 Å². The van der Waals surface area contributed by atoms with Gasteiger partial charge in [0.25, 0.3) is 0 Å². The van der Waals surface area contributed by atoms with E-state index < -0.39 is 0 Å². The Labute approximate surface area is 111 Å². The van der Waals surface area contributed by atoms with Crippen molar-refractivity contribution in [3.63, 3.8) is 0 Å². The quantitative estimate of drug-likeness (QED) is 0.905. The molecule has 96 valence electrons. The lowest BCUT2D eigenvalue weighted by Crippen LogP contribution is -2.52. The first-order valence-corrected chi connectivity index (χ1v) is 6.84. The van der Waals surface area contributed by atoms with E-state index in [1.807, 2.05) is 17.9 Å². The number of halogens is 1. The topological polar surface area (TPSA) is 47.1 Å². The van der Waals surface area contributed by atoms with Gasteiger partial charge in [-0.25, -0.2) is 0 Å². The number of rotatable bonds is 2. The second-order valence-corrected chi connectivity index (χ2v) is 6.51. The van der Waals surface area contributed by atoms with Crippen LogP contribution in [0.15, 0.2) is 10.7 Å². The SMILES string of the molecule is Cn1ncc(Br)c1CN1CCC(N)C(C)(C)C1. The van der Waals surface area contributed by atoms with Gasteiger partial charge < -0.3 is 5.73 Å². The first kappa shape index (κ1) is 13.1. The molecule has 1 aliphatic rings. The fraction of sp³-hybridized carbons (Fsp3) is 0.750. The summed E-state index contributed by atoms with van der Waals surface area (Å²) in [6, 6.07) is 0.314. The van der Waals surface area contributed by atoms with Gasteiger partial charge in [-0.1, -0.05) is 13.8 Å². The fourth-order valence-corrected chi connectivity index (χ4v) is 2.92. The molecular formula is C12H21BrN4. The van der Waals surface area contributed by atoms with Gasteiger partial charge in [0.2, 0.25) is 0 Å². The summed E-state index contributed by atoms with van der Waals surface area (Å²) in [4.78, 5) is 2.46. The summed E-state index contributed by atoms with van der Waals surface area (Å²) in [5, 5.41) is 4.25. The van der Waals surface area contributed by atoms with E-state index in [1.165, 1.54) is 5.69 Å². The number of hydrogen-bond acceptors (Lipinski definition) is 3. The maximum absolute atomic E-state index is 6.15. The standard InChI is InChI=1S/C12H21BrN4/c1-12(2)8-17(5-4-11(12)14)7-10-9(13)6-15-16(10)3/h6,11H,4-5,7-8,14H2,1-3H3. The van der Waals surface area contributed by atoms with Crippen LogP contribution in [0.3, 0.4) is 0 Å². The van der Waals surface area contributed by atoms with E-state index >= 15 is 0 Å². The van der Waals surface area contributed by atoms with Crippen LogP contribution in [0.2, 0.25) is 0 Å². The maximum Gasteiger partial charge on any atom is 0.0663 e. The summed E-state index contributed by atoms with van der Waals surface area (Å²) in [5.41, 5.74) is 7.58. The molecule has 17 heavy (non-hydrogen) atoms. The summed E-state index contributed by atoms with van der Waals surface area (Å²) in [7, 11) is 1.99. The Bertz CT molecular complexity index is 380. The molecule has 5 heteroatoms. The Morgan fingerprint density at radius 3 is 2.82 bits per heavy atom. The molecule has 1 unspecified atom stereocenters. The van der Waals surface area contributed by atoms with Crippen molar-refractivity contribution in [3.8, 4) is 0 Å². The van der Waals surface area contributed by atoms with E-state index in [4.69, 9.17) is 5.73 Å². The molecule has 0 aromatic carbocycles. The highest BCUT2D eigenvalue weighted by Crippen LogP contribution is 2.29. The van der Waals surface area contributed by atoms with Crippen LogP contribution in [0.1, 0.15) is 26.0 Å². The normalized spacial score (nSPS) is 25.1. The van der Waals surface area contributed by atoms with Gasteiger partial charge in [0.05, 0.1) is 16.4 Å². The molecule has 0 saturated carbocycles. The van der Waals surface area contributed by atoms with E-state index in [-0.39, 0.29) is 5.41 Å². The lowest BCUT2D eigenvalue weighted by Gasteiger charge is -2.42. The Morgan fingerprint density at radius 1 is 1.59 bits per heavy atom. The van der Waals surface area contributed by atoms with E-state index in [9.17, 15) is 0 Å². The zero-order chi connectivity index (χ0) is 12.6. The molecule has 0 bridgehead atoms. The summed E-state index contributed by atoms with van der Waals surface area (Å²) >= 11 is 3.55. The third kappa shape index (κ3) is 2.72. The van der Waals surface area contributed by atoms with Crippen molar-refractivity contribution < 1.29 is 0 Å². The fourth-order valence-electron chi connectivity index (χ4n) is 2.45. The van der Waals surface area contributed by atoms with Gasteiger partial charge in [-0.15, -0.1) is 0 Å². The smallest absolute Gasteiger partial charge is 0.0663 e. The van der Waals surface area contributed by atoms with Gasteiger partial charge >= 0.3 is 0 Å². The van der Waals surface area contributed by atoms with E-state index in [0.29, 0.717) is 6.04 Å². The van der Waals surface area contributed by atoms with Crippen molar-refractivity contribution in [1.82, 2.24) is 14.7 Å². The van der Waals surface area contributed by atoms with Crippen LogP contribution in [0.25, 0.3) is 0 Å². The molecule has 0 amide bonds. The number of hydrogen-bond donors (Lipinski definition) is 1. The molecule has 1 saturated heterocycles. The van der Waals surface area contributed by atoms with Crippen LogP contribution in [0.5, 0.6) is 0 Å². The Kier molecular flexibility index (Phi) is 3.61. The van der Waals surface area contributed by atoms with Crippen molar-refractivity contribution in [2.45, 2.75) is 32.9 Å². The molecule has 0 aliphatic carbocycles.